The van der Waals surface area contributed by atoms with Crippen molar-refractivity contribution in [3.05, 3.63) is 54.1 Å². The van der Waals surface area contributed by atoms with E-state index in [9.17, 15) is 5.11 Å². The van der Waals surface area contributed by atoms with Gasteiger partial charge in [0.1, 0.15) is 11.8 Å². The Bertz CT molecular complexity index is 520. The lowest BCUT2D eigenvalue weighted by Gasteiger charge is -2.01. The molecule has 0 aliphatic carbocycles. The zero-order valence-electron chi connectivity index (χ0n) is 8.96. The fraction of sp³-hybridized carbons (Fsp3) is 0.154. The molecule has 0 saturated heterocycles. The lowest BCUT2D eigenvalue weighted by atomic mass is 10.1. The van der Waals surface area contributed by atoms with E-state index in [4.69, 9.17) is 0 Å². The van der Waals surface area contributed by atoms with Crippen LogP contribution in [0.25, 0.3) is 0 Å². The van der Waals surface area contributed by atoms with Crippen LogP contribution < -0.4 is 0 Å². The second-order valence-electron chi connectivity index (χ2n) is 3.47. The van der Waals surface area contributed by atoms with Crippen molar-refractivity contribution in [3.63, 3.8) is 0 Å². The third kappa shape index (κ3) is 2.30. The van der Waals surface area contributed by atoms with Gasteiger partial charge in [-0.25, -0.2) is 4.98 Å². The summed E-state index contributed by atoms with van der Waals surface area (Å²) in [7, 11) is 1.87. The molecule has 2 aromatic rings. The van der Waals surface area contributed by atoms with Crippen LogP contribution >= 0.6 is 0 Å². The number of imidazole rings is 1. The lowest BCUT2D eigenvalue weighted by molar-refractivity contribution is 0.238. The molecule has 1 aromatic carbocycles. The molecule has 0 aliphatic heterocycles. The molecule has 0 spiro atoms. The second kappa shape index (κ2) is 4.65. The lowest BCUT2D eigenvalue weighted by Crippen LogP contribution is -1.94. The van der Waals surface area contributed by atoms with Gasteiger partial charge in [-0.2, -0.15) is 0 Å². The Morgan fingerprint density at radius 2 is 2.06 bits per heavy atom. The van der Waals surface area contributed by atoms with Gasteiger partial charge < -0.3 is 9.67 Å². The van der Waals surface area contributed by atoms with Crippen molar-refractivity contribution in [1.29, 1.82) is 0 Å². The molecule has 16 heavy (non-hydrogen) atoms. The van der Waals surface area contributed by atoms with E-state index in [1.54, 1.807) is 12.5 Å². The molecule has 1 heterocycles. The van der Waals surface area contributed by atoms with Crippen LogP contribution in [0.15, 0.2) is 42.9 Å². The minimum absolute atomic E-state index is 0.754. The summed E-state index contributed by atoms with van der Waals surface area (Å²) in [6, 6.07) is 9.37. The topological polar surface area (TPSA) is 38.0 Å². The highest BCUT2D eigenvalue weighted by molar-refractivity contribution is 5.31. The maximum atomic E-state index is 9.81. The van der Waals surface area contributed by atoms with E-state index < -0.39 is 6.10 Å². The number of rotatable bonds is 1. The van der Waals surface area contributed by atoms with E-state index in [1.165, 1.54) is 0 Å². The Balaban J connectivity index is 2.17. The number of hydrogen-bond acceptors (Lipinski definition) is 2. The highest BCUT2D eigenvalue weighted by Gasteiger charge is 2.01. The van der Waals surface area contributed by atoms with Crippen molar-refractivity contribution in [1.82, 2.24) is 9.55 Å². The number of aliphatic hydroxyl groups excluding tert-OH is 1. The first-order chi connectivity index (χ1) is 7.77. The van der Waals surface area contributed by atoms with Crippen LogP contribution in [0.4, 0.5) is 0 Å². The molecule has 80 valence electrons. The maximum absolute atomic E-state index is 9.81. The second-order valence-corrected chi connectivity index (χ2v) is 3.47. The van der Waals surface area contributed by atoms with Crippen LogP contribution in [0.2, 0.25) is 0 Å². The zero-order valence-corrected chi connectivity index (χ0v) is 8.96. The molecule has 1 atom stereocenters. The average Bonchev–Trinajstić information content (AvgIpc) is 2.73. The molecule has 3 heteroatoms. The van der Waals surface area contributed by atoms with Crippen LogP contribution in [0.3, 0.4) is 0 Å². The molecule has 0 aliphatic rings. The maximum Gasteiger partial charge on any atom is 0.140 e. The van der Waals surface area contributed by atoms with E-state index >= 15 is 0 Å². The fourth-order valence-corrected chi connectivity index (χ4v) is 1.34. The van der Waals surface area contributed by atoms with Gasteiger partial charge in [-0.15, -0.1) is 0 Å². The highest BCUT2D eigenvalue weighted by Crippen LogP contribution is 2.10. The summed E-state index contributed by atoms with van der Waals surface area (Å²) in [6.07, 6.45) is 2.60. The zero-order chi connectivity index (χ0) is 11.4. The number of aryl methyl sites for hydroxylation is 1. The van der Waals surface area contributed by atoms with E-state index in [2.05, 4.69) is 16.8 Å². The van der Waals surface area contributed by atoms with Crippen LogP contribution in [-0.2, 0) is 7.05 Å². The van der Waals surface area contributed by atoms with Crippen molar-refractivity contribution >= 4 is 0 Å². The Morgan fingerprint density at radius 3 is 2.69 bits per heavy atom. The van der Waals surface area contributed by atoms with Crippen molar-refractivity contribution in [2.24, 2.45) is 7.05 Å². The van der Waals surface area contributed by atoms with Gasteiger partial charge in [0, 0.05) is 7.05 Å². The summed E-state index contributed by atoms with van der Waals surface area (Å²) in [6.45, 7) is 0. The minimum atomic E-state index is -0.754. The molecule has 0 bridgehead atoms. The number of benzene rings is 1. The molecule has 1 aromatic heterocycles. The third-order valence-corrected chi connectivity index (χ3v) is 2.27. The van der Waals surface area contributed by atoms with Crippen molar-refractivity contribution < 1.29 is 5.11 Å². The van der Waals surface area contributed by atoms with Gasteiger partial charge in [0.25, 0.3) is 0 Å². The number of hydrogen-bond donors (Lipinski definition) is 1. The Hall–Kier alpha value is -2.05. The largest absolute Gasteiger partial charge is 0.376 e. The molecule has 0 amide bonds. The van der Waals surface area contributed by atoms with Crippen molar-refractivity contribution in [2.45, 2.75) is 6.10 Å². The molecular formula is C13H12N2O. The Morgan fingerprint density at radius 1 is 1.31 bits per heavy atom. The van der Waals surface area contributed by atoms with Crippen LogP contribution in [0, 0.1) is 11.8 Å². The van der Waals surface area contributed by atoms with Crippen LogP contribution in [-0.4, -0.2) is 14.7 Å². The monoisotopic (exact) mass is 212 g/mol. The predicted molar refractivity (Wildman–Crippen MR) is 61.5 cm³/mol. The number of aliphatic hydroxyl groups is 1. The molecule has 1 unspecified atom stereocenters. The van der Waals surface area contributed by atoms with E-state index in [0.717, 1.165) is 11.3 Å². The highest BCUT2D eigenvalue weighted by atomic mass is 16.3. The van der Waals surface area contributed by atoms with E-state index in [0.29, 0.717) is 0 Å². The average molecular weight is 212 g/mol. The van der Waals surface area contributed by atoms with E-state index in [1.807, 2.05) is 41.9 Å². The molecule has 0 fully saturated rings. The Kier molecular flexibility index (Phi) is 3.04. The Labute approximate surface area is 94.4 Å². The summed E-state index contributed by atoms with van der Waals surface area (Å²) < 4.78 is 1.81. The first kappa shape index (κ1) is 10.5. The first-order valence-electron chi connectivity index (χ1n) is 4.98. The predicted octanol–water partition coefficient (Wildman–Crippen LogP) is 1.51. The first-order valence-corrected chi connectivity index (χ1v) is 4.98. The fourth-order valence-electron chi connectivity index (χ4n) is 1.34. The summed E-state index contributed by atoms with van der Waals surface area (Å²) in [5.74, 6) is 5.68. The molecule has 3 nitrogen and oxygen atoms in total. The summed E-state index contributed by atoms with van der Waals surface area (Å²) in [4.78, 5) is 3.95. The molecule has 1 N–H and O–H groups in total. The molecule has 0 radical (unpaired) electrons. The van der Waals surface area contributed by atoms with Crippen LogP contribution in [0.5, 0.6) is 0 Å². The van der Waals surface area contributed by atoms with Crippen molar-refractivity contribution in [2.75, 3.05) is 0 Å². The minimum Gasteiger partial charge on any atom is -0.376 e. The van der Waals surface area contributed by atoms with Gasteiger partial charge >= 0.3 is 0 Å². The van der Waals surface area contributed by atoms with Crippen molar-refractivity contribution in [3.8, 4) is 11.8 Å². The standard InChI is InChI=1S/C13H12N2O/c1-15-10-14-9-12(15)7-8-13(16)11-5-3-2-4-6-11/h2-6,9-10,13,16H,1H3. The van der Waals surface area contributed by atoms with Gasteiger partial charge in [-0.1, -0.05) is 36.3 Å². The summed E-state index contributed by atoms with van der Waals surface area (Å²) in [5.41, 5.74) is 1.59. The van der Waals surface area contributed by atoms with E-state index in [-0.39, 0.29) is 0 Å². The quantitative estimate of drug-likeness (QED) is 0.727. The number of aromatic nitrogens is 2. The van der Waals surface area contributed by atoms with Gasteiger partial charge in [-0.05, 0) is 11.5 Å². The normalized spacial score (nSPS) is 11.6. The SMILES string of the molecule is Cn1cncc1C#CC(O)c1ccccc1. The summed E-state index contributed by atoms with van der Waals surface area (Å²) >= 11 is 0. The molecule has 0 saturated carbocycles. The molecule has 2 rings (SSSR count). The number of nitrogens with zero attached hydrogens (tertiary/aromatic N) is 2. The smallest absolute Gasteiger partial charge is 0.140 e. The van der Waals surface area contributed by atoms with Gasteiger partial charge in [-0.3, -0.25) is 0 Å². The molecular weight excluding hydrogens is 200 g/mol. The van der Waals surface area contributed by atoms with Crippen LogP contribution in [0.1, 0.15) is 17.4 Å². The third-order valence-electron chi connectivity index (χ3n) is 2.27. The summed E-state index contributed by atoms with van der Waals surface area (Å²) in [5, 5.41) is 9.81. The van der Waals surface area contributed by atoms with Gasteiger partial charge in [0.15, 0.2) is 0 Å². The van der Waals surface area contributed by atoms with Gasteiger partial charge in [0.2, 0.25) is 0 Å². The van der Waals surface area contributed by atoms with Gasteiger partial charge in [0.05, 0.1) is 12.5 Å².